The minimum Gasteiger partial charge on any atom is -0.493 e. The quantitative estimate of drug-likeness (QED) is 0.535. The molecule has 1 heterocycles. The number of esters is 1. The number of nitrogens with zero attached hydrogens (tertiary/aromatic N) is 2. The van der Waals surface area contributed by atoms with Gasteiger partial charge in [0, 0.05) is 12.3 Å². The maximum atomic E-state index is 11.7. The summed E-state index contributed by atoms with van der Waals surface area (Å²) in [7, 11) is 0. The van der Waals surface area contributed by atoms with E-state index in [-0.39, 0.29) is 5.69 Å². The van der Waals surface area contributed by atoms with E-state index in [9.17, 15) is 4.79 Å². The Labute approximate surface area is 163 Å². The largest absolute Gasteiger partial charge is 0.493 e. The van der Waals surface area contributed by atoms with Crippen molar-refractivity contribution in [2.75, 3.05) is 13.2 Å². The summed E-state index contributed by atoms with van der Waals surface area (Å²) in [6, 6.07) is 16.8. The van der Waals surface area contributed by atoms with Crippen molar-refractivity contribution in [2.45, 2.75) is 19.8 Å². The molecule has 0 aliphatic heterocycles. The third-order valence-electron chi connectivity index (χ3n) is 4.40. The molecule has 6 nitrogen and oxygen atoms in total. The van der Waals surface area contributed by atoms with Crippen LogP contribution < -0.4 is 9.47 Å². The fraction of sp³-hybridized carbons (Fsp3) is 0.273. The van der Waals surface area contributed by atoms with Gasteiger partial charge in [0.05, 0.1) is 18.9 Å². The van der Waals surface area contributed by atoms with Crippen molar-refractivity contribution in [1.82, 2.24) is 9.78 Å². The molecule has 1 saturated carbocycles. The summed E-state index contributed by atoms with van der Waals surface area (Å²) in [5, 5.41) is 4.25. The van der Waals surface area contributed by atoms with Crippen molar-refractivity contribution in [2.24, 2.45) is 5.92 Å². The van der Waals surface area contributed by atoms with Crippen LogP contribution in [0.4, 0.5) is 0 Å². The van der Waals surface area contributed by atoms with Gasteiger partial charge in [0.15, 0.2) is 5.69 Å². The molecule has 1 aliphatic rings. The van der Waals surface area contributed by atoms with Gasteiger partial charge < -0.3 is 14.2 Å². The summed E-state index contributed by atoms with van der Waals surface area (Å²) in [5.74, 6) is 2.54. The zero-order valence-electron chi connectivity index (χ0n) is 15.7. The highest BCUT2D eigenvalue weighted by Gasteiger charge is 2.21. The van der Waals surface area contributed by atoms with Crippen LogP contribution >= 0.6 is 0 Å². The lowest BCUT2D eigenvalue weighted by Crippen LogP contribution is -2.06. The fourth-order valence-corrected chi connectivity index (χ4v) is 2.71. The molecule has 0 saturated heterocycles. The molecule has 4 rings (SSSR count). The average molecular weight is 378 g/mol. The molecule has 1 aromatic heterocycles. The van der Waals surface area contributed by atoms with E-state index in [1.165, 1.54) is 12.8 Å². The minimum atomic E-state index is -0.426. The van der Waals surface area contributed by atoms with E-state index in [1.54, 1.807) is 23.9 Å². The number of hydrogen-bond acceptors (Lipinski definition) is 5. The second-order valence-electron chi connectivity index (χ2n) is 6.69. The van der Waals surface area contributed by atoms with E-state index in [0.717, 1.165) is 23.8 Å². The standard InChI is InChI=1S/C22H22N2O4/c1-2-26-22(25)21-12-13-24(23-21)17-8-10-18(11-9-17)28-20-5-3-4-19(14-20)27-15-16-6-7-16/h3-5,8-14,16H,2,6-7,15H2,1H3. The zero-order valence-corrected chi connectivity index (χ0v) is 15.7. The summed E-state index contributed by atoms with van der Waals surface area (Å²) in [4.78, 5) is 11.7. The van der Waals surface area contributed by atoms with Crippen molar-refractivity contribution in [3.63, 3.8) is 0 Å². The molecular formula is C22H22N2O4. The van der Waals surface area contributed by atoms with E-state index in [0.29, 0.717) is 18.3 Å². The van der Waals surface area contributed by atoms with Crippen LogP contribution in [0.5, 0.6) is 17.2 Å². The Morgan fingerprint density at radius 1 is 1.07 bits per heavy atom. The van der Waals surface area contributed by atoms with Gasteiger partial charge >= 0.3 is 5.97 Å². The molecule has 6 heteroatoms. The summed E-state index contributed by atoms with van der Waals surface area (Å²) >= 11 is 0. The Hall–Kier alpha value is -3.28. The van der Waals surface area contributed by atoms with Gasteiger partial charge in [-0.05, 0) is 68.1 Å². The van der Waals surface area contributed by atoms with Gasteiger partial charge in [0.2, 0.25) is 0 Å². The second-order valence-corrected chi connectivity index (χ2v) is 6.69. The summed E-state index contributed by atoms with van der Waals surface area (Å²) in [6.45, 7) is 2.86. The van der Waals surface area contributed by atoms with Crippen LogP contribution in [0.3, 0.4) is 0 Å². The highest BCUT2D eigenvalue weighted by molar-refractivity contribution is 5.87. The van der Waals surface area contributed by atoms with Gasteiger partial charge in [0.25, 0.3) is 0 Å². The van der Waals surface area contributed by atoms with Gasteiger partial charge in [-0.3, -0.25) is 0 Å². The Bertz CT molecular complexity index is 945. The van der Waals surface area contributed by atoms with E-state index < -0.39 is 5.97 Å². The number of rotatable bonds is 8. The minimum absolute atomic E-state index is 0.283. The van der Waals surface area contributed by atoms with Crippen molar-refractivity contribution in [1.29, 1.82) is 0 Å². The van der Waals surface area contributed by atoms with Crippen LogP contribution in [-0.4, -0.2) is 29.0 Å². The van der Waals surface area contributed by atoms with Crippen molar-refractivity contribution in [3.8, 4) is 22.9 Å². The first-order valence-corrected chi connectivity index (χ1v) is 9.45. The first kappa shape index (κ1) is 18.1. The van der Waals surface area contributed by atoms with E-state index >= 15 is 0 Å². The molecule has 28 heavy (non-hydrogen) atoms. The predicted octanol–water partition coefficient (Wildman–Crippen LogP) is 4.63. The van der Waals surface area contributed by atoms with Gasteiger partial charge in [0.1, 0.15) is 17.2 Å². The maximum absolute atomic E-state index is 11.7. The molecule has 0 N–H and O–H groups in total. The third-order valence-corrected chi connectivity index (χ3v) is 4.40. The number of carbonyl (C=O) groups is 1. The second kappa shape index (κ2) is 8.17. The molecule has 3 aromatic rings. The lowest BCUT2D eigenvalue weighted by molar-refractivity contribution is 0.0519. The number of hydrogen-bond donors (Lipinski definition) is 0. The Morgan fingerprint density at radius 3 is 2.61 bits per heavy atom. The predicted molar refractivity (Wildman–Crippen MR) is 104 cm³/mol. The normalized spacial score (nSPS) is 13.2. The Morgan fingerprint density at radius 2 is 1.86 bits per heavy atom. The van der Waals surface area contributed by atoms with Gasteiger partial charge in [-0.2, -0.15) is 5.10 Å². The van der Waals surface area contributed by atoms with E-state index in [1.807, 2.05) is 48.5 Å². The van der Waals surface area contributed by atoms with E-state index in [2.05, 4.69) is 5.10 Å². The Balaban J connectivity index is 1.40. The summed E-state index contributed by atoms with van der Waals surface area (Å²) in [6.07, 6.45) is 4.25. The van der Waals surface area contributed by atoms with Crippen LogP contribution in [0, 0.1) is 5.92 Å². The number of aromatic nitrogens is 2. The highest BCUT2D eigenvalue weighted by Crippen LogP contribution is 2.31. The first-order valence-electron chi connectivity index (χ1n) is 9.45. The van der Waals surface area contributed by atoms with Crippen LogP contribution in [0.1, 0.15) is 30.3 Å². The lowest BCUT2D eigenvalue weighted by atomic mass is 10.3. The number of ether oxygens (including phenoxy) is 3. The van der Waals surface area contributed by atoms with Crippen LogP contribution in [0.2, 0.25) is 0 Å². The topological polar surface area (TPSA) is 62.6 Å². The lowest BCUT2D eigenvalue weighted by Gasteiger charge is -2.09. The fourth-order valence-electron chi connectivity index (χ4n) is 2.71. The first-order chi connectivity index (χ1) is 13.7. The molecular weight excluding hydrogens is 356 g/mol. The van der Waals surface area contributed by atoms with Crippen molar-refractivity contribution >= 4 is 5.97 Å². The van der Waals surface area contributed by atoms with Gasteiger partial charge in [-0.15, -0.1) is 0 Å². The molecule has 2 aromatic carbocycles. The maximum Gasteiger partial charge on any atom is 0.358 e. The molecule has 1 fully saturated rings. The van der Waals surface area contributed by atoms with Crippen molar-refractivity contribution < 1.29 is 19.0 Å². The molecule has 0 atom stereocenters. The molecule has 0 spiro atoms. The molecule has 0 unspecified atom stereocenters. The monoisotopic (exact) mass is 378 g/mol. The molecule has 1 aliphatic carbocycles. The smallest absolute Gasteiger partial charge is 0.358 e. The van der Waals surface area contributed by atoms with Crippen molar-refractivity contribution in [3.05, 3.63) is 66.5 Å². The van der Waals surface area contributed by atoms with Gasteiger partial charge in [-0.1, -0.05) is 6.07 Å². The van der Waals surface area contributed by atoms with Crippen LogP contribution in [-0.2, 0) is 4.74 Å². The number of carbonyl (C=O) groups excluding carboxylic acids is 1. The van der Waals surface area contributed by atoms with Gasteiger partial charge in [-0.25, -0.2) is 9.48 Å². The van der Waals surface area contributed by atoms with Crippen LogP contribution in [0.25, 0.3) is 5.69 Å². The average Bonchev–Trinajstić information content (AvgIpc) is 3.41. The zero-order chi connectivity index (χ0) is 19.3. The number of benzene rings is 2. The Kier molecular flexibility index (Phi) is 5.28. The molecule has 0 radical (unpaired) electrons. The SMILES string of the molecule is CCOC(=O)c1ccn(-c2ccc(Oc3cccc(OCC4CC4)c3)cc2)n1. The summed E-state index contributed by atoms with van der Waals surface area (Å²) < 4.78 is 18.3. The van der Waals surface area contributed by atoms with Crippen LogP contribution in [0.15, 0.2) is 60.8 Å². The molecule has 0 amide bonds. The molecule has 0 bridgehead atoms. The summed E-state index contributed by atoms with van der Waals surface area (Å²) in [5.41, 5.74) is 1.11. The third kappa shape index (κ3) is 4.52. The van der Waals surface area contributed by atoms with E-state index in [4.69, 9.17) is 14.2 Å². The highest BCUT2D eigenvalue weighted by atomic mass is 16.5. The molecule has 144 valence electrons.